The molecular formula is C78H61BN4O2. The molecule has 0 amide bonds. The van der Waals surface area contributed by atoms with Crippen LogP contribution < -0.4 is 36.0 Å². The highest BCUT2D eigenvalue weighted by molar-refractivity contribution is 7.01. The number of hydrogen-bond acceptors (Lipinski definition) is 6. The van der Waals surface area contributed by atoms with Crippen molar-refractivity contribution in [2.24, 2.45) is 0 Å². The SMILES string of the molecule is CC(C)(C)c1ccc(N2c3cc(N(c4ccc5ccccc5c4)c4ccc5oc6ccccc6c5c4)ccc3B3c4c2cccc4N(c2ccc(C(C)(C)C)cc2)c2cc(N(c4ccccc4)c4ccccc4)c4c(oc5ccccc54)c23)cc1. The van der Waals surface area contributed by atoms with Gasteiger partial charge >= 0.3 is 0 Å². The molecule has 2 aliphatic rings. The molecule has 0 bridgehead atoms. The zero-order valence-electron chi connectivity index (χ0n) is 48.5. The van der Waals surface area contributed by atoms with Gasteiger partial charge in [0.15, 0.2) is 0 Å². The van der Waals surface area contributed by atoms with Crippen LogP contribution in [0.15, 0.2) is 270 Å². The second-order valence-electron chi connectivity index (χ2n) is 24.9. The van der Waals surface area contributed by atoms with Crippen LogP contribution in [0.1, 0.15) is 52.7 Å². The summed E-state index contributed by atoms with van der Waals surface area (Å²) >= 11 is 0. The Morgan fingerprint density at radius 3 is 1.51 bits per heavy atom. The summed E-state index contributed by atoms with van der Waals surface area (Å²) in [7, 11) is 0. The maximum absolute atomic E-state index is 7.53. The van der Waals surface area contributed by atoms with E-state index in [0.717, 1.165) is 118 Å². The summed E-state index contributed by atoms with van der Waals surface area (Å²) in [5.41, 5.74) is 22.2. The van der Waals surface area contributed by atoms with Crippen molar-refractivity contribution in [2.75, 3.05) is 19.6 Å². The van der Waals surface area contributed by atoms with Gasteiger partial charge in [0.1, 0.15) is 22.3 Å². The van der Waals surface area contributed by atoms with Crippen LogP contribution in [-0.2, 0) is 10.8 Å². The number of furan rings is 2. The lowest BCUT2D eigenvalue weighted by atomic mass is 9.33. The van der Waals surface area contributed by atoms with Crippen LogP contribution in [-0.4, -0.2) is 6.71 Å². The summed E-state index contributed by atoms with van der Waals surface area (Å²) in [5.74, 6) is 0. The molecule has 0 atom stereocenters. The summed E-state index contributed by atoms with van der Waals surface area (Å²) in [4.78, 5) is 9.87. The van der Waals surface area contributed by atoms with Crippen LogP contribution >= 0.6 is 0 Å². The predicted molar refractivity (Wildman–Crippen MR) is 359 cm³/mol. The molecule has 0 saturated carbocycles. The molecule has 0 N–H and O–H groups in total. The molecular weight excluding hydrogens is 1040 g/mol. The lowest BCUT2D eigenvalue weighted by Crippen LogP contribution is -2.61. The summed E-state index contributed by atoms with van der Waals surface area (Å²) < 4.78 is 14.0. The van der Waals surface area contributed by atoms with Crippen LogP contribution in [0.2, 0.25) is 0 Å². The number of nitrogens with zero attached hydrogens (tertiary/aromatic N) is 4. The van der Waals surface area contributed by atoms with Gasteiger partial charge in [0, 0.05) is 78.7 Å². The maximum atomic E-state index is 7.53. The lowest BCUT2D eigenvalue weighted by Gasteiger charge is -2.44. The Bertz CT molecular complexity index is 4900. The molecule has 0 spiro atoms. The Labute approximate surface area is 496 Å². The van der Waals surface area contributed by atoms with Gasteiger partial charge in [-0.25, -0.2) is 0 Å². The van der Waals surface area contributed by atoms with Crippen molar-refractivity contribution in [2.45, 2.75) is 52.4 Å². The second-order valence-corrected chi connectivity index (χ2v) is 24.9. The fourth-order valence-corrected chi connectivity index (χ4v) is 13.6. The van der Waals surface area contributed by atoms with Gasteiger partial charge in [-0.3, -0.25) is 0 Å². The predicted octanol–water partition coefficient (Wildman–Crippen LogP) is 20.3. The Kier molecular flexibility index (Phi) is 11.4. The normalized spacial score (nSPS) is 13.0. The quantitative estimate of drug-likeness (QED) is 0.141. The molecule has 2 aromatic heterocycles. The van der Waals surface area contributed by atoms with Crippen molar-refractivity contribution in [1.82, 2.24) is 0 Å². The summed E-state index contributed by atoms with van der Waals surface area (Å²) in [6.45, 7) is 13.5. The molecule has 0 aliphatic carbocycles. The Hall–Kier alpha value is -10.2. The van der Waals surface area contributed by atoms with E-state index in [1.165, 1.54) is 32.8 Å². The van der Waals surface area contributed by atoms with E-state index in [4.69, 9.17) is 8.83 Å². The van der Waals surface area contributed by atoms with Crippen molar-refractivity contribution in [3.63, 3.8) is 0 Å². The average molecular weight is 1100 g/mol. The molecule has 85 heavy (non-hydrogen) atoms. The van der Waals surface area contributed by atoms with Crippen molar-refractivity contribution in [1.29, 1.82) is 0 Å². The van der Waals surface area contributed by atoms with E-state index in [9.17, 15) is 0 Å². The minimum atomic E-state index is -0.262. The molecule has 0 radical (unpaired) electrons. The van der Waals surface area contributed by atoms with Gasteiger partial charge in [-0.05, 0) is 170 Å². The lowest BCUT2D eigenvalue weighted by molar-refractivity contribution is 0.590. The van der Waals surface area contributed by atoms with Crippen LogP contribution in [0.4, 0.5) is 68.2 Å². The maximum Gasteiger partial charge on any atom is 0.257 e. The third-order valence-corrected chi connectivity index (χ3v) is 17.7. The zero-order valence-corrected chi connectivity index (χ0v) is 48.5. The number of rotatable bonds is 8. The number of para-hydroxylation sites is 4. The fourth-order valence-electron chi connectivity index (χ4n) is 13.6. The average Bonchev–Trinajstić information content (AvgIpc) is 1.65. The van der Waals surface area contributed by atoms with E-state index in [-0.39, 0.29) is 17.5 Å². The van der Waals surface area contributed by atoms with Gasteiger partial charge in [0.25, 0.3) is 6.71 Å². The molecule has 7 heteroatoms. The first kappa shape index (κ1) is 50.5. The highest BCUT2D eigenvalue weighted by atomic mass is 16.3. The van der Waals surface area contributed by atoms with E-state index in [1.54, 1.807) is 0 Å². The molecule has 14 aromatic rings. The van der Waals surface area contributed by atoms with E-state index >= 15 is 0 Å². The van der Waals surface area contributed by atoms with Crippen molar-refractivity contribution < 1.29 is 8.83 Å². The van der Waals surface area contributed by atoms with Crippen molar-refractivity contribution in [3.8, 4) is 0 Å². The van der Waals surface area contributed by atoms with Gasteiger partial charge in [-0.15, -0.1) is 0 Å². The molecule has 0 fully saturated rings. The smallest absolute Gasteiger partial charge is 0.257 e. The molecule has 0 unspecified atom stereocenters. The largest absolute Gasteiger partial charge is 0.456 e. The zero-order chi connectivity index (χ0) is 57.3. The Morgan fingerprint density at radius 2 is 0.859 bits per heavy atom. The van der Waals surface area contributed by atoms with Gasteiger partial charge in [0.05, 0.1) is 11.1 Å². The topological polar surface area (TPSA) is 39.2 Å². The molecule has 6 nitrogen and oxygen atoms in total. The van der Waals surface area contributed by atoms with Gasteiger partial charge < -0.3 is 28.4 Å². The minimum absolute atomic E-state index is 0.0370. The Balaban J connectivity index is 1.01. The van der Waals surface area contributed by atoms with Crippen molar-refractivity contribution >= 4 is 146 Å². The third-order valence-electron chi connectivity index (χ3n) is 17.7. The monoisotopic (exact) mass is 1100 g/mol. The van der Waals surface area contributed by atoms with Crippen LogP contribution in [0.25, 0.3) is 54.6 Å². The van der Waals surface area contributed by atoms with E-state index < -0.39 is 0 Å². The van der Waals surface area contributed by atoms with E-state index in [2.05, 4.69) is 316 Å². The van der Waals surface area contributed by atoms with Gasteiger partial charge in [0.2, 0.25) is 0 Å². The van der Waals surface area contributed by atoms with Gasteiger partial charge in [-0.2, -0.15) is 0 Å². The summed E-state index contributed by atoms with van der Waals surface area (Å²) in [5, 5.41) is 6.65. The molecule has 16 rings (SSSR count). The molecule has 408 valence electrons. The third kappa shape index (κ3) is 8.16. The standard InChI is InChI=1S/C78H61BN4O2/c1-77(2,3)52-33-38-56(39-34-52)82-65-28-19-29-66-74(65)79(64-44-42-60(48-67(64)82)80(58-37-32-50-20-13-14-21-51(50)46-58)59-43-45-72-63(47-59)61-26-15-17-30-70(61)84-72)75-69(83(66)57-40-35-53(36-41-57)78(4,5)6)49-68(73-62-27-16-18-31-71(62)85-76(73)75)81(54-22-9-7-10-23-54)55-24-11-8-12-25-55/h7-49H,1-6H3. The number of anilines is 12. The number of fused-ring (bicyclic) bond motifs is 12. The fraction of sp³-hybridized carbons (Fsp3) is 0.103. The summed E-state index contributed by atoms with van der Waals surface area (Å²) in [6, 6.07) is 95.6. The van der Waals surface area contributed by atoms with Crippen LogP contribution in [0.5, 0.6) is 0 Å². The van der Waals surface area contributed by atoms with E-state index in [0.29, 0.717) is 0 Å². The summed E-state index contributed by atoms with van der Waals surface area (Å²) in [6.07, 6.45) is 0. The molecule has 12 aromatic carbocycles. The number of hydrogen-bond donors (Lipinski definition) is 0. The van der Waals surface area contributed by atoms with E-state index in [1.807, 2.05) is 6.07 Å². The molecule has 0 saturated heterocycles. The molecule has 2 aliphatic heterocycles. The van der Waals surface area contributed by atoms with Crippen LogP contribution in [0, 0.1) is 0 Å². The highest BCUT2D eigenvalue weighted by Gasteiger charge is 2.46. The Morgan fingerprint density at radius 1 is 0.341 bits per heavy atom. The molecule has 4 heterocycles. The second kappa shape index (κ2) is 19.2. The van der Waals surface area contributed by atoms with Gasteiger partial charge in [-0.1, -0.05) is 181 Å². The first-order valence-corrected chi connectivity index (χ1v) is 29.6. The van der Waals surface area contributed by atoms with Crippen molar-refractivity contribution in [3.05, 3.63) is 272 Å². The minimum Gasteiger partial charge on any atom is -0.456 e. The van der Waals surface area contributed by atoms with Crippen LogP contribution in [0.3, 0.4) is 0 Å². The highest BCUT2D eigenvalue weighted by Crippen LogP contribution is 2.52. The number of benzene rings is 12. The first-order valence-electron chi connectivity index (χ1n) is 29.6. The first-order chi connectivity index (χ1) is 41.4.